The summed E-state index contributed by atoms with van der Waals surface area (Å²) in [6.45, 7) is 0.792. The van der Waals surface area contributed by atoms with Crippen LogP contribution in [0, 0.1) is 5.92 Å². The summed E-state index contributed by atoms with van der Waals surface area (Å²) < 4.78 is 1.89. The average molecular weight is 220 g/mol. The lowest BCUT2D eigenvalue weighted by molar-refractivity contribution is 0.262. The second kappa shape index (κ2) is 5.30. The zero-order valence-electron chi connectivity index (χ0n) is 9.64. The van der Waals surface area contributed by atoms with E-state index in [1.54, 1.807) is 12.1 Å². The Morgan fingerprint density at radius 3 is 2.62 bits per heavy atom. The first kappa shape index (κ1) is 11.4. The van der Waals surface area contributed by atoms with E-state index in [1.807, 2.05) is 16.8 Å². The fourth-order valence-corrected chi connectivity index (χ4v) is 2.69. The van der Waals surface area contributed by atoms with Crippen molar-refractivity contribution in [3.63, 3.8) is 0 Å². The number of hydrogen-bond donors (Lipinski definition) is 1. The van der Waals surface area contributed by atoms with Crippen LogP contribution in [-0.2, 0) is 0 Å². The summed E-state index contributed by atoms with van der Waals surface area (Å²) in [5, 5.41) is 0. The van der Waals surface area contributed by atoms with Crippen molar-refractivity contribution in [2.24, 2.45) is 11.7 Å². The van der Waals surface area contributed by atoms with Crippen LogP contribution in [0.1, 0.15) is 38.1 Å². The highest BCUT2D eigenvalue weighted by Crippen LogP contribution is 2.32. The highest BCUT2D eigenvalue weighted by molar-refractivity contribution is 4.96. The Morgan fingerprint density at radius 2 is 2.00 bits per heavy atom. The minimum atomic E-state index is 0.129. The van der Waals surface area contributed by atoms with Crippen molar-refractivity contribution in [1.82, 2.24) is 4.57 Å². The van der Waals surface area contributed by atoms with Crippen molar-refractivity contribution in [2.75, 3.05) is 6.54 Å². The van der Waals surface area contributed by atoms with Crippen LogP contribution in [0.4, 0.5) is 0 Å². The topological polar surface area (TPSA) is 48.0 Å². The molecule has 0 saturated heterocycles. The van der Waals surface area contributed by atoms with Gasteiger partial charge >= 0.3 is 0 Å². The van der Waals surface area contributed by atoms with Gasteiger partial charge in [0.1, 0.15) is 0 Å². The number of pyridine rings is 1. The van der Waals surface area contributed by atoms with E-state index in [2.05, 4.69) is 0 Å². The first-order valence-corrected chi connectivity index (χ1v) is 6.18. The molecule has 1 fully saturated rings. The lowest BCUT2D eigenvalue weighted by Gasteiger charge is -2.29. The van der Waals surface area contributed by atoms with E-state index in [-0.39, 0.29) is 5.56 Å². The summed E-state index contributed by atoms with van der Waals surface area (Å²) in [6, 6.07) is 5.79. The zero-order chi connectivity index (χ0) is 11.4. The number of hydrogen-bond acceptors (Lipinski definition) is 2. The molecular weight excluding hydrogens is 200 g/mol. The number of rotatable bonds is 3. The van der Waals surface area contributed by atoms with Crippen molar-refractivity contribution in [3.8, 4) is 0 Å². The second-order valence-corrected chi connectivity index (χ2v) is 4.70. The van der Waals surface area contributed by atoms with Crippen LogP contribution in [0.3, 0.4) is 0 Å². The average Bonchev–Trinajstić information content (AvgIpc) is 2.31. The van der Waals surface area contributed by atoms with E-state index in [0.29, 0.717) is 6.04 Å². The summed E-state index contributed by atoms with van der Waals surface area (Å²) in [5.41, 5.74) is 5.70. The fraction of sp³-hybridized carbons (Fsp3) is 0.615. The molecule has 0 atom stereocenters. The first-order chi connectivity index (χ1) is 7.81. The van der Waals surface area contributed by atoms with Gasteiger partial charge in [0.2, 0.25) is 0 Å². The van der Waals surface area contributed by atoms with Gasteiger partial charge in [-0.25, -0.2) is 0 Å². The van der Waals surface area contributed by atoms with Gasteiger partial charge in [0.25, 0.3) is 5.56 Å². The van der Waals surface area contributed by atoms with Crippen molar-refractivity contribution in [3.05, 3.63) is 34.7 Å². The molecule has 16 heavy (non-hydrogen) atoms. The fourth-order valence-electron chi connectivity index (χ4n) is 2.69. The molecule has 2 rings (SSSR count). The lowest BCUT2D eigenvalue weighted by Crippen LogP contribution is -2.27. The number of nitrogens with zero attached hydrogens (tertiary/aromatic N) is 1. The predicted molar refractivity (Wildman–Crippen MR) is 65.4 cm³/mol. The Hall–Kier alpha value is -1.09. The van der Waals surface area contributed by atoms with Crippen LogP contribution in [-0.4, -0.2) is 11.1 Å². The van der Waals surface area contributed by atoms with E-state index >= 15 is 0 Å². The Balaban J connectivity index is 1.99. The third kappa shape index (κ3) is 2.53. The smallest absolute Gasteiger partial charge is 0.250 e. The van der Waals surface area contributed by atoms with Crippen LogP contribution in [0.25, 0.3) is 0 Å². The Labute approximate surface area is 96.3 Å². The quantitative estimate of drug-likeness (QED) is 0.846. The number of aromatic nitrogens is 1. The first-order valence-electron chi connectivity index (χ1n) is 6.18. The molecule has 0 aromatic carbocycles. The van der Waals surface area contributed by atoms with Crippen LogP contribution in [0.5, 0.6) is 0 Å². The third-order valence-corrected chi connectivity index (χ3v) is 3.64. The minimum Gasteiger partial charge on any atom is -0.330 e. The lowest BCUT2D eigenvalue weighted by atomic mass is 9.84. The zero-order valence-corrected chi connectivity index (χ0v) is 9.64. The number of nitrogens with two attached hydrogens (primary N) is 1. The van der Waals surface area contributed by atoms with Crippen LogP contribution in [0.15, 0.2) is 29.2 Å². The summed E-state index contributed by atoms with van der Waals surface area (Å²) in [5.74, 6) is 0.778. The van der Waals surface area contributed by atoms with Gasteiger partial charge in [-0.2, -0.15) is 0 Å². The summed E-state index contributed by atoms with van der Waals surface area (Å²) in [6.07, 6.45) is 7.71. The van der Waals surface area contributed by atoms with Gasteiger partial charge in [0.15, 0.2) is 0 Å². The van der Waals surface area contributed by atoms with Crippen LogP contribution in [0.2, 0.25) is 0 Å². The van der Waals surface area contributed by atoms with Crippen molar-refractivity contribution in [2.45, 2.75) is 38.1 Å². The molecule has 1 saturated carbocycles. The molecule has 1 aliphatic carbocycles. The Bertz CT molecular complexity index is 378. The van der Waals surface area contributed by atoms with E-state index in [4.69, 9.17) is 5.73 Å². The molecule has 1 aliphatic rings. The maximum absolute atomic E-state index is 11.7. The molecule has 1 aromatic rings. The van der Waals surface area contributed by atoms with E-state index < -0.39 is 0 Å². The minimum absolute atomic E-state index is 0.129. The molecule has 0 radical (unpaired) electrons. The maximum Gasteiger partial charge on any atom is 0.250 e. The molecule has 3 nitrogen and oxygen atoms in total. The Kier molecular flexibility index (Phi) is 3.78. The van der Waals surface area contributed by atoms with Gasteiger partial charge in [-0.15, -0.1) is 0 Å². The highest BCUT2D eigenvalue weighted by Gasteiger charge is 2.21. The molecule has 0 aliphatic heterocycles. The maximum atomic E-state index is 11.7. The summed E-state index contributed by atoms with van der Waals surface area (Å²) in [7, 11) is 0. The van der Waals surface area contributed by atoms with Crippen LogP contribution >= 0.6 is 0 Å². The second-order valence-electron chi connectivity index (χ2n) is 4.70. The molecule has 0 unspecified atom stereocenters. The largest absolute Gasteiger partial charge is 0.330 e. The monoisotopic (exact) mass is 220 g/mol. The predicted octanol–water partition coefficient (Wildman–Crippen LogP) is 1.93. The molecule has 1 aromatic heterocycles. The molecule has 0 bridgehead atoms. The van der Waals surface area contributed by atoms with E-state index in [0.717, 1.165) is 31.7 Å². The normalized spacial score (nSPS) is 25.6. The standard InChI is InChI=1S/C13H20N2O/c14-9-8-11-4-6-12(7-5-11)15-10-2-1-3-13(15)16/h1-3,10-12H,4-9,14H2. The van der Waals surface area contributed by atoms with Crippen molar-refractivity contribution in [1.29, 1.82) is 0 Å². The van der Waals surface area contributed by atoms with Gasteiger partial charge in [0, 0.05) is 18.3 Å². The highest BCUT2D eigenvalue weighted by atomic mass is 16.1. The van der Waals surface area contributed by atoms with E-state index in [1.165, 1.54) is 12.8 Å². The van der Waals surface area contributed by atoms with Gasteiger partial charge in [-0.1, -0.05) is 6.07 Å². The van der Waals surface area contributed by atoms with E-state index in [9.17, 15) is 4.79 Å². The molecule has 0 amide bonds. The SMILES string of the molecule is NCCC1CCC(n2ccccc2=O)CC1. The van der Waals surface area contributed by atoms with Gasteiger partial charge in [0.05, 0.1) is 0 Å². The van der Waals surface area contributed by atoms with Gasteiger partial charge in [-0.05, 0) is 50.6 Å². The molecule has 1 heterocycles. The van der Waals surface area contributed by atoms with Crippen molar-refractivity contribution < 1.29 is 0 Å². The van der Waals surface area contributed by atoms with Gasteiger partial charge in [-0.3, -0.25) is 4.79 Å². The third-order valence-electron chi connectivity index (χ3n) is 3.64. The molecule has 3 heteroatoms. The van der Waals surface area contributed by atoms with Crippen LogP contribution < -0.4 is 11.3 Å². The Morgan fingerprint density at radius 1 is 1.25 bits per heavy atom. The van der Waals surface area contributed by atoms with Crippen molar-refractivity contribution >= 4 is 0 Å². The summed E-state index contributed by atoms with van der Waals surface area (Å²) in [4.78, 5) is 11.7. The molecular formula is C13H20N2O. The molecule has 88 valence electrons. The molecule has 2 N–H and O–H groups in total. The van der Waals surface area contributed by atoms with Gasteiger partial charge < -0.3 is 10.3 Å². The molecule has 0 spiro atoms. The summed E-state index contributed by atoms with van der Waals surface area (Å²) >= 11 is 0.